The molecule has 1 amide bonds. The Labute approximate surface area is 192 Å². The van der Waals surface area contributed by atoms with Crippen LogP contribution in [0.3, 0.4) is 0 Å². The first-order chi connectivity index (χ1) is 14.4. The number of hydrogen-bond acceptors (Lipinski definition) is 3. The highest BCUT2D eigenvalue weighted by molar-refractivity contribution is 6.40. The lowest BCUT2D eigenvalue weighted by Gasteiger charge is -2.25. The van der Waals surface area contributed by atoms with Crippen molar-refractivity contribution in [2.24, 2.45) is 5.10 Å². The average molecular weight is 469 g/mol. The molecule has 2 aromatic rings. The van der Waals surface area contributed by atoms with Crippen LogP contribution in [0.1, 0.15) is 44.2 Å². The van der Waals surface area contributed by atoms with E-state index in [0.29, 0.717) is 32.9 Å². The normalized spacial score (nSPS) is 17.0. The van der Waals surface area contributed by atoms with Crippen LogP contribution in [0.15, 0.2) is 47.6 Å². The van der Waals surface area contributed by atoms with Gasteiger partial charge in [-0.2, -0.15) is 10.5 Å². The van der Waals surface area contributed by atoms with Crippen molar-refractivity contribution >= 4 is 52.1 Å². The lowest BCUT2D eigenvalue weighted by molar-refractivity contribution is -0.916. The van der Waals surface area contributed by atoms with Gasteiger partial charge in [-0.1, -0.05) is 60.3 Å². The molecule has 2 atom stereocenters. The second-order valence-corrected chi connectivity index (χ2v) is 8.73. The minimum atomic E-state index is -0.171. The first kappa shape index (κ1) is 22.9. The molecule has 0 saturated heterocycles. The van der Waals surface area contributed by atoms with Crippen molar-refractivity contribution < 1.29 is 9.80 Å². The number of nitrogens with zero attached hydrogens (tertiary/aromatic N) is 2. The molecule has 30 heavy (non-hydrogen) atoms. The van der Waals surface area contributed by atoms with Gasteiger partial charge in [0.2, 0.25) is 0 Å². The minimum Gasteiger partial charge on any atom is -0.263 e. The quantitative estimate of drug-likeness (QED) is 0.436. The van der Waals surface area contributed by atoms with Gasteiger partial charge in [0.05, 0.1) is 30.3 Å². The summed E-state index contributed by atoms with van der Waals surface area (Å²) in [7, 11) is 1.95. The molecule has 1 aliphatic heterocycles. The topological polar surface area (TPSA) is 49.1 Å². The molecule has 2 aromatic carbocycles. The van der Waals surface area contributed by atoms with E-state index in [2.05, 4.69) is 17.5 Å². The number of quaternary nitrogens is 1. The molecule has 8 heteroatoms. The molecule has 2 N–H and O–H groups in total. The molecule has 1 aliphatic rings. The van der Waals surface area contributed by atoms with E-state index >= 15 is 0 Å². The van der Waals surface area contributed by atoms with Gasteiger partial charge in [-0.05, 0) is 48.7 Å². The fourth-order valence-electron chi connectivity index (χ4n) is 3.45. The second-order valence-electron chi connectivity index (χ2n) is 7.45. The molecule has 0 bridgehead atoms. The third-order valence-electron chi connectivity index (χ3n) is 5.07. The van der Waals surface area contributed by atoms with Gasteiger partial charge >= 0.3 is 5.91 Å². The van der Waals surface area contributed by atoms with Crippen molar-refractivity contribution in [1.29, 1.82) is 0 Å². The number of amides is 1. The summed E-state index contributed by atoms with van der Waals surface area (Å²) in [5.41, 5.74) is 5.17. The molecule has 0 saturated carbocycles. The van der Waals surface area contributed by atoms with Crippen LogP contribution >= 0.6 is 34.8 Å². The Bertz CT molecular complexity index is 917. The molecule has 0 fully saturated rings. The number of carbonyl (C=O) groups is 1. The van der Waals surface area contributed by atoms with E-state index < -0.39 is 0 Å². The van der Waals surface area contributed by atoms with Gasteiger partial charge < -0.3 is 0 Å². The van der Waals surface area contributed by atoms with Crippen LogP contribution in [-0.4, -0.2) is 25.2 Å². The second kappa shape index (κ2) is 10.5. The van der Waals surface area contributed by atoms with E-state index in [9.17, 15) is 4.79 Å². The summed E-state index contributed by atoms with van der Waals surface area (Å²) in [4.78, 5) is 12.9. The first-order valence-corrected chi connectivity index (χ1v) is 11.2. The van der Waals surface area contributed by atoms with Crippen LogP contribution in [0.4, 0.5) is 5.69 Å². The maximum absolute atomic E-state index is 12.9. The Morgan fingerprint density at radius 3 is 2.50 bits per heavy atom. The smallest absolute Gasteiger partial charge is 0.263 e. The molecule has 0 spiro atoms. The van der Waals surface area contributed by atoms with Gasteiger partial charge in [-0.15, -0.1) is 0 Å². The monoisotopic (exact) mass is 467 g/mol. The summed E-state index contributed by atoms with van der Waals surface area (Å²) in [5, 5.41) is 9.08. The van der Waals surface area contributed by atoms with E-state index in [0.717, 1.165) is 36.4 Å². The van der Waals surface area contributed by atoms with Crippen molar-refractivity contribution in [2.75, 3.05) is 18.6 Å². The fourth-order valence-corrected chi connectivity index (χ4v) is 4.07. The van der Waals surface area contributed by atoms with E-state index in [-0.39, 0.29) is 11.9 Å². The number of hydrazone groups is 1. The highest BCUT2D eigenvalue weighted by Gasteiger charge is 2.34. The third-order valence-corrected chi connectivity index (χ3v) is 5.86. The van der Waals surface area contributed by atoms with Crippen molar-refractivity contribution in [1.82, 2.24) is 5.43 Å². The predicted molar refractivity (Wildman–Crippen MR) is 125 cm³/mol. The molecular formula is C22H26Cl3N4O+. The number of unbranched alkanes of at least 4 members (excludes halogenated alkanes) is 2. The zero-order chi connectivity index (χ0) is 21.7. The molecule has 2 unspecified atom stereocenters. The fraction of sp³-hybridized carbons (Fsp3) is 0.364. The number of anilines is 1. The standard InChI is InChI=1S/C22H25Cl3N4O/c1-3-4-5-12-28(2)27-22(30)19-14-21(15-6-8-16(23)9-7-15)29(26-19)20-11-10-17(24)13-18(20)25/h6-11,13,21H,3-5,12,14H2,1-2H3,(H,27,30)/p+1. The summed E-state index contributed by atoms with van der Waals surface area (Å²) in [6.07, 6.45) is 3.83. The van der Waals surface area contributed by atoms with Crippen LogP contribution in [-0.2, 0) is 4.79 Å². The Hall–Kier alpha value is -1.79. The Balaban J connectivity index is 1.84. The number of nitrogens with one attached hydrogen (secondary N) is 2. The summed E-state index contributed by atoms with van der Waals surface area (Å²) in [5.74, 6) is -0.171. The summed E-state index contributed by atoms with van der Waals surface area (Å²) in [6, 6.07) is 12.7. The van der Waals surface area contributed by atoms with Gasteiger partial charge in [-0.25, -0.2) is 5.01 Å². The van der Waals surface area contributed by atoms with Crippen molar-refractivity contribution in [3.05, 3.63) is 63.1 Å². The molecule has 5 nitrogen and oxygen atoms in total. The van der Waals surface area contributed by atoms with Crippen molar-refractivity contribution in [3.63, 3.8) is 0 Å². The van der Waals surface area contributed by atoms with E-state index in [1.165, 1.54) is 0 Å². The van der Waals surface area contributed by atoms with Crippen LogP contribution < -0.4 is 15.4 Å². The summed E-state index contributed by atoms with van der Waals surface area (Å²) < 4.78 is 0. The lowest BCUT2D eigenvalue weighted by Crippen LogP contribution is -3.16. The number of hydrogen-bond donors (Lipinski definition) is 2. The lowest BCUT2D eigenvalue weighted by atomic mass is 10.0. The van der Waals surface area contributed by atoms with Gasteiger partial charge in [-0.3, -0.25) is 9.80 Å². The number of carbonyl (C=O) groups excluding carboxylic acids is 1. The number of rotatable bonds is 8. The number of halogens is 3. The maximum Gasteiger partial charge on any atom is 0.312 e. The largest absolute Gasteiger partial charge is 0.312 e. The Morgan fingerprint density at radius 1 is 1.13 bits per heavy atom. The third kappa shape index (κ3) is 5.67. The van der Waals surface area contributed by atoms with Crippen molar-refractivity contribution in [2.45, 2.75) is 38.6 Å². The van der Waals surface area contributed by atoms with Crippen LogP contribution in [0.2, 0.25) is 15.1 Å². The van der Waals surface area contributed by atoms with E-state index in [1.807, 2.05) is 37.4 Å². The molecule has 1 heterocycles. The highest BCUT2D eigenvalue weighted by atomic mass is 35.5. The molecule has 3 rings (SSSR count). The first-order valence-electron chi connectivity index (χ1n) is 10.1. The molecule has 0 aromatic heterocycles. The van der Waals surface area contributed by atoms with Gasteiger partial charge in [0.15, 0.2) is 0 Å². The average Bonchev–Trinajstić information content (AvgIpc) is 3.14. The van der Waals surface area contributed by atoms with Gasteiger partial charge in [0.1, 0.15) is 5.71 Å². The molecule has 0 radical (unpaired) electrons. The van der Waals surface area contributed by atoms with Crippen LogP contribution in [0.25, 0.3) is 0 Å². The van der Waals surface area contributed by atoms with Crippen molar-refractivity contribution in [3.8, 4) is 0 Å². The highest BCUT2D eigenvalue weighted by Crippen LogP contribution is 2.39. The zero-order valence-electron chi connectivity index (χ0n) is 17.1. The number of benzene rings is 2. The van der Waals surface area contributed by atoms with Gasteiger partial charge in [0, 0.05) is 16.5 Å². The Morgan fingerprint density at radius 2 is 1.83 bits per heavy atom. The SMILES string of the molecule is CCCCC[NH+](C)NC(=O)C1=NN(c2ccc(Cl)cc2Cl)C(c2ccc(Cl)cc2)C1. The predicted octanol–water partition coefficient (Wildman–Crippen LogP) is 4.69. The molecule has 0 aliphatic carbocycles. The summed E-state index contributed by atoms with van der Waals surface area (Å²) in [6.45, 7) is 3.04. The minimum absolute atomic E-state index is 0.165. The van der Waals surface area contributed by atoms with E-state index in [1.54, 1.807) is 17.1 Å². The zero-order valence-corrected chi connectivity index (χ0v) is 19.4. The summed E-state index contributed by atoms with van der Waals surface area (Å²) >= 11 is 18.6. The molecular weight excluding hydrogens is 443 g/mol. The maximum atomic E-state index is 12.9. The van der Waals surface area contributed by atoms with Crippen LogP contribution in [0, 0.1) is 0 Å². The van der Waals surface area contributed by atoms with Crippen LogP contribution in [0.5, 0.6) is 0 Å². The van der Waals surface area contributed by atoms with E-state index in [4.69, 9.17) is 34.8 Å². The van der Waals surface area contributed by atoms with Gasteiger partial charge in [0.25, 0.3) is 0 Å². The Kier molecular flexibility index (Phi) is 8.00. The molecule has 160 valence electrons.